The van der Waals surface area contributed by atoms with Crippen molar-refractivity contribution in [1.29, 1.82) is 0 Å². The Morgan fingerprint density at radius 2 is 1.27 bits per heavy atom. The van der Waals surface area contributed by atoms with E-state index in [1.807, 2.05) is 27.7 Å². The van der Waals surface area contributed by atoms with Crippen LogP contribution in [0.4, 0.5) is 0 Å². The molecule has 0 heterocycles. The van der Waals surface area contributed by atoms with Gasteiger partial charge in [-0.3, -0.25) is 0 Å². The summed E-state index contributed by atoms with van der Waals surface area (Å²) in [4.78, 5) is 11.0. The number of rotatable bonds is 21. The molecule has 0 aliphatic carbocycles. The third-order valence-electron chi connectivity index (χ3n) is 4.97. The van der Waals surface area contributed by atoms with Gasteiger partial charge in [-0.15, -0.1) is 0 Å². The first kappa shape index (κ1) is 29.1. The summed E-state index contributed by atoms with van der Waals surface area (Å²) in [5.41, 5.74) is 0.357. The van der Waals surface area contributed by atoms with E-state index in [0.717, 1.165) is 38.5 Å². The van der Waals surface area contributed by atoms with Crippen LogP contribution < -0.4 is 0 Å². The first-order chi connectivity index (χ1) is 14.4. The molecule has 1 N–H and O–H groups in total. The van der Waals surface area contributed by atoms with Crippen molar-refractivity contribution < 1.29 is 28.8 Å². The van der Waals surface area contributed by atoms with Crippen LogP contribution in [0.3, 0.4) is 0 Å². The highest BCUT2D eigenvalue weighted by molar-refractivity contribution is 5.85. The molecule has 1 unspecified atom stereocenters. The summed E-state index contributed by atoms with van der Waals surface area (Å²) < 4.78 is 22.9. The Morgan fingerprint density at radius 1 is 0.800 bits per heavy atom. The van der Waals surface area contributed by atoms with Crippen LogP contribution in [0.2, 0.25) is 0 Å². The quantitative estimate of drug-likeness (QED) is 0.135. The van der Waals surface area contributed by atoms with E-state index in [9.17, 15) is 4.79 Å². The summed E-state index contributed by atoms with van der Waals surface area (Å²) in [6.45, 7) is 11.8. The Hall–Kier alpha value is -0.950. The zero-order valence-corrected chi connectivity index (χ0v) is 20.0. The second kappa shape index (κ2) is 18.8. The van der Waals surface area contributed by atoms with Crippen molar-refractivity contribution in [3.8, 4) is 0 Å². The molecule has 0 aromatic rings. The number of hydrogen-bond acceptors (Lipinski definition) is 5. The molecule has 1 atom stereocenters. The Labute approximate surface area is 184 Å². The lowest BCUT2D eigenvalue weighted by Crippen LogP contribution is -2.39. The average Bonchev–Trinajstić information content (AvgIpc) is 2.70. The summed E-state index contributed by atoms with van der Waals surface area (Å²) in [5, 5.41) is 9.01. The average molecular weight is 431 g/mol. The fourth-order valence-corrected chi connectivity index (χ4v) is 3.53. The predicted molar refractivity (Wildman–Crippen MR) is 121 cm³/mol. The number of ether oxygens (including phenoxy) is 4. The van der Waals surface area contributed by atoms with Crippen molar-refractivity contribution in [2.45, 2.75) is 111 Å². The summed E-state index contributed by atoms with van der Waals surface area (Å²) >= 11 is 0. The van der Waals surface area contributed by atoms with Crippen molar-refractivity contribution in [3.05, 3.63) is 11.6 Å². The molecule has 6 nitrogen and oxygen atoms in total. The number of aliphatic carboxylic acids is 1. The van der Waals surface area contributed by atoms with Crippen LogP contribution >= 0.6 is 0 Å². The summed E-state index contributed by atoms with van der Waals surface area (Å²) in [7, 11) is 0. The molecule has 0 amide bonds. The maximum absolute atomic E-state index is 11.0. The fraction of sp³-hybridized carbons (Fsp3) is 0.875. The second-order valence-electron chi connectivity index (χ2n) is 7.50. The van der Waals surface area contributed by atoms with Crippen molar-refractivity contribution in [1.82, 2.24) is 0 Å². The van der Waals surface area contributed by atoms with Crippen LogP contribution in [0.5, 0.6) is 0 Å². The minimum atomic E-state index is -0.874. The minimum absolute atomic E-state index is 0.0904. The molecule has 0 aliphatic rings. The van der Waals surface area contributed by atoms with E-state index in [1.54, 1.807) is 13.0 Å². The van der Waals surface area contributed by atoms with E-state index < -0.39 is 11.9 Å². The van der Waals surface area contributed by atoms with Gasteiger partial charge in [-0.25, -0.2) is 4.79 Å². The highest BCUT2D eigenvalue weighted by Crippen LogP contribution is 2.24. The lowest BCUT2D eigenvalue weighted by Gasteiger charge is -2.32. The van der Waals surface area contributed by atoms with Crippen molar-refractivity contribution >= 4 is 5.97 Å². The SMILES string of the molecule is CCOC(C=C(C)C(=O)O)CCCCCCCCCCC(OCC)(OCC)OCC. The van der Waals surface area contributed by atoms with Gasteiger partial charge < -0.3 is 24.1 Å². The summed E-state index contributed by atoms with van der Waals surface area (Å²) in [6, 6.07) is 0. The molecule has 0 bridgehead atoms. The molecule has 178 valence electrons. The van der Waals surface area contributed by atoms with Crippen LogP contribution in [0.1, 0.15) is 98.8 Å². The van der Waals surface area contributed by atoms with Crippen molar-refractivity contribution in [2.75, 3.05) is 26.4 Å². The Morgan fingerprint density at radius 3 is 1.70 bits per heavy atom. The number of hydrogen-bond donors (Lipinski definition) is 1. The van der Waals surface area contributed by atoms with Gasteiger partial charge in [0.1, 0.15) is 0 Å². The highest BCUT2D eigenvalue weighted by atomic mass is 16.9. The standard InChI is InChI=1S/C24H46O6/c1-6-27-22(20-21(5)23(25)26)18-16-14-12-10-11-13-15-17-19-24(28-7-2,29-8-3)30-9-4/h20,22H,6-19H2,1-5H3,(H,25,26). The molecule has 30 heavy (non-hydrogen) atoms. The largest absolute Gasteiger partial charge is 0.478 e. The fourth-order valence-electron chi connectivity index (χ4n) is 3.53. The van der Waals surface area contributed by atoms with Gasteiger partial charge in [0.2, 0.25) is 0 Å². The maximum atomic E-state index is 11.0. The molecule has 6 heteroatoms. The lowest BCUT2D eigenvalue weighted by atomic mass is 10.0. The first-order valence-corrected chi connectivity index (χ1v) is 11.9. The van der Waals surface area contributed by atoms with Gasteiger partial charge in [0.05, 0.1) is 6.10 Å². The third-order valence-corrected chi connectivity index (χ3v) is 4.97. The molecule has 0 saturated heterocycles. The summed E-state index contributed by atoms with van der Waals surface area (Å²) in [5.74, 6) is -1.75. The Bertz CT molecular complexity index is 432. The topological polar surface area (TPSA) is 74.2 Å². The smallest absolute Gasteiger partial charge is 0.331 e. The first-order valence-electron chi connectivity index (χ1n) is 11.9. The monoisotopic (exact) mass is 430 g/mol. The van der Waals surface area contributed by atoms with Gasteiger partial charge in [-0.2, -0.15) is 0 Å². The van der Waals surface area contributed by atoms with Crippen LogP contribution in [-0.4, -0.2) is 49.6 Å². The molecule has 0 spiro atoms. The molecule has 0 aromatic carbocycles. The zero-order chi connectivity index (χ0) is 22.7. The van der Waals surface area contributed by atoms with Gasteiger partial charge in [0.25, 0.3) is 5.97 Å². The van der Waals surface area contributed by atoms with Crippen molar-refractivity contribution in [3.63, 3.8) is 0 Å². The van der Waals surface area contributed by atoms with Crippen molar-refractivity contribution in [2.24, 2.45) is 0 Å². The van der Waals surface area contributed by atoms with Crippen LogP contribution in [0, 0.1) is 0 Å². The molecule has 0 fully saturated rings. The Kier molecular flexibility index (Phi) is 18.2. The molecule has 0 radical (unpaired) electrons. The molecule has 0 aromatic heterocycles. The van der Waals surface area contributed by atoms with Gasteiger partial charge in [-0.05, 0) is 53.5 Å². The zero-order valence-electron chi connectivity index (χ0n) is 20.0. The molecule has 0 rings (SSSR count). The van der Waals surface area contributed by atoms with Gasteiger partial charge in [-0.1, -0.05) is 44.9 Å². The van der Waals surface area contributed by atoms with Gasteiger partial charge >= 0.3 is 5.97 Å². The molecule has 0 saturated carbocycles. The van der Waals surface area contributed by atoms with E-state index >= 15 is 0 Å². The van der Waals surface area contributed by atoms with Crippen LogP contribution in [-0.2, 0) is 23.7 Å². The van der Waals surface area contributed by atoms with Gasteiger partial charge in [0.15, 0.2) is 0 Å². The third kappa shape index (κ3) is 14.1. The second-order valence-corrected chi connectivity index (χ2v) is 7.50. The normalized spacial score (nSPS) is 13.6. The van der Waals surface area contributed by atoms with E-state index in [2.05, 4.69) is 0 Å². The van der Waals surface area contributed by atoms with E-state index in [1.165, 1.54) is 25.7 Å². The van der Waals surface area contributed by atoms with E-state index in [0.29, 0.717) is 32.0 Å². The number of unbranched alkanes of at least 4 members (excludes halogenated alkanes) is 7. The molecular weight excluding hydrogens is 384 g/mol. The minimum Gasteiger partial charge on any atom is -0.478 e. The Balaban J connectivity index is 3.93. The van der Waals surface area contributed by atoms with E-state index in [4.69, 9.17) is 24.1 Å². The van der Waals surface area contributed by atoms with Gasteiger partial charge in [0, 0.05) is 38.4 Å². The number of carbonyl (C=O) groups is 1. The number of carboxylic acid groups (broad SMARTS) is 1. The lowest BCUT2D eigenvalue weighted by molar-refractivity contribution is -0.380. The maximum Gasteiger partial charge on any atom is 0.331 e. The molecular formula is C24H46O6. The predicted octanol–water partition coefficient (Wildman–Crippen LogP) is 6.09. The number of carboxylic acids is 1. The van der Waals surface area contributed by atoms with Crippen LogP contribution in [0.15, 0.2) is 11.6 Å². The summed E-state index contributed by atoms with van der Waals surface area (Å²) in [6.07, 6.45) is 12.6. The molecule has 0 aliphatic heterocycles. The van der Waals surface area contributed by atoms with Crippen LogP contribution in [0.25, 0.3) is 0 Å². The van der Waals surface area contributed by atoms with E-state index in [-0.39, 0.29) is 6.10 Å². The highest BCUT2D eigenvalue weighted by Gasteiger charge is 2.31.